The molecule has 0 saturated heterocycles. The number of nitrogen functional groups attached to an aromatic ring is 1. The van der Waals surface area contributed by atoms with Crippen LogP contribution < -0.4 is 5.73 Å². The summed E-state index contributed by atoms with van der Waals surface area (Å²) in [5, 5.41) is 1.24. The van der Waals surface area contributed by atoms with Gasteiger partial charge in [-0.1, -0.05) is 29.8 Å². The average Bonchev–Trinajstić information content (AvgIpc) is 2.39. The Balaban J connectivity index is 2.24. The lowest BCUT2D eigenvalue weighted by Crippen LogP contribution is -1.98. The number of pyridine rings is 1. The molecule has 3 aromatic rings. The molecule has 0 aliphatic heterocycles. The van der Waals surface area contributed by atoms with Crippen LogP contribution in [0.25, 0.3) is 22.4 Å². The highest BCUT2D eigenvalue weighted by atomic mass is 35.5. The monoisotopic (exact) mass is 256 g/mol. The molecular weight excluding hydrogens is 248 g/mol. The van der Waals surface area contributed by atoms with Crippen molar-refractivity contribution in [3.05, 3.63) is 47.6 Å². The van der Waals surface area contributed by atoms with Crippen molar-refractivity contribution in [3.8, 4) is 11.5 Å². The molecule has 18 heavy (non-hydrogen) atoms. The van der Waals surface area contributed by atoms with E-state index in [0.717, 1.165) is 10.9 Å². The van der Waals surface area contributed by atoms with Crippen LogP contribution >= 0.6 is 11.6 Å². The third kappa shape index (κ3) is 1.87. The van der Waals surface area contributed by atoms with Crippen LogP contribution in [0.15, 0.2) is 42.5 Å². The molecule has 88 valence electrons. The second-order valence-corrected chi connectivity index (χ2v) is 4.18. The number of hydrogen-bond acceptors (Lipinski definition) is 4. The van der Waals surface area contributed by atoms with E-state index in [9.17, 15) is 0 Å². The van der Waals surface area contributed by atoms with Gasteiger partial charge in [0.25, 0.3) is 0 Å². The van der Waals surface area contributed by atoms with E-state index in [4.69, 9.17) is 17.3 Å². The Kier molecular flexibility index (Phi) is 2.57. The summed E-state index contributed by atoms with van der Waals surface area (Å²) in [6.07, 6.45) is 0. The number of anilines is 1. The molecule has 0 atom stereocenters. The molecule has 0 saturated carbocycles. The van der Waals surface area contributed by atoms with Crippen LogP contribution in [0.3, 0.4) is 0 Å². The summed E-state index contributed by atoms with van der Waals surface area (Å²) in [5.74, 6) is 0.922. The minimum absolute atomic E-state index is 0.405. The predicted octanol–water partition coefficient (Wildman–Crippen LogP) is 2.93. The topological polar surface area (TPSA) is 64.7 Å². The minimum atomic E-state index is 0.405. The Hall–Kier alpha value is -2.20. The number of aromatic nitrogens is 3. The van der Waals surface area contributed by atoms with E-state index in [2.05, 4.69) is 15.0 Å². The number of nitrogens with two attached hydrogens (primary N) is 1. The van der Waals surface area contributed by atoms with Gasteiger partial charge in [0.15, 0.2) is 5.82 Å². The molecular formula is C13H9ClN4. The molecule has 4 nitrogen and oxygen atoms in total. The van der Waals surface area contributed by atoms with Crippen molar-refractivity contribution in [1.29, 1.82) is 0 Å². The SMILES string of the molecule is Nc1nc(-c2cccc(Cl)n2)nc2ccccc12. The lowest BCUT2D eigenvalue weighted by Gasteiger charge is -2.04. The first-order valence-corrected chi connectivity index (χ1v) is 5.77. The Morgan fingerprint density at radius 2 is 1.72 bits per heavy atom. The third-order valence-corrected chi connectivity index (χ3v) is 2.79. The number of para-hydroxylation sites is 1. The Morgan fingerprint density at radius 1 is 0.889 bits per heavy atom. The zero-order valence-corrected chi connectivity index (χ0v) is 10.1. The molecule has 0 bridgehead atoms. The predicted molar refractivity (Wildman–Crippen MR) is 72.2 cm³/mol. The van der Waals surface area contributed by atoms with Crippen molar-refractivity contribution in [3.63, 3.8) is 0 Å². The van der Waals surface area contributed by atoms with Gasteiger partial charge in [-0.25, -0.2) is 15.0 Å². The number of halogens is 1. The summed E-state index contributed by atoms with van der Waals surface area (Å²) >= 11 is 5.85. The fourth-order valence-corrected chi connectivity index (χ4v) is 1.91. The van der Waals surface area contributed by atoms with Crippen LogP contribution in [-0.2, 0) is 0 Å². The van der Waals surface area contributed by atoms with E-state index in [-0.39, 0.29) is 0 Å². The van der Waals surface area contributed by atoms with E-state index in [1.807, 2.05) is 24.3 Å². The van der Waals surface area contributed by atoms with E-state index in [1.54, 1.807) is 18.2 Å². The third-order valence-electron chi connectivity index (χ3n) is 2.58. The standard InChI is InChI=1S/C13H9ClN4/c14-11-7-3-6-10(16-11)13-17-9-5-2-1-4-8(9)12(15)18-13/h1-7H,(H2,15,17,18). The molecule has 2 aromatic heterocycles. The van der Waals surface area contributed by atoms with E-state index in [0.29, 0.717) is 22.5 Å². The molecule has 3 rings (SSSR count). The van der Waals surface area contributed by atoms with Crippen LogP contribution in [-0.4, -0.2) is 15.0 Å². The van der Waals surface area contributed by atoms with Crippen LogP contribution in [0.4, 0.5) is 5.82 Å². The zero-order valence-electron chi connectivity index (χ0n) is 9.34. The first-order valence-electron chi connectivity index (χ1n) is 5.39. The number of fused-ring (bicyclic) bond motifs is 1. The second-order valence-electron chi connectivity index (χ2n) is 3.80. The number of nitrogens with zero attached hydrogens (tertiary/aromatic N) is 3. The van der Waals surface area contributed by atoms with Crippen LogP contribution in [0.1, 0.15) is 0 Å². The Labute approximate surface area is 108 Å². The van der Waals surface area contributed by atoms with Gasteiger partial charge in [0.2, 0.25) is 0 Å². The zero-order chi connectivity index (χ0) is 12.5. The van der Waals surface area contributed by atoms with Gasteiger partial charge in [-0.05, 0) is 24.3 Å². The number of hydrogen-bond donors (Lipinski definition) is 1. The summed E-state index contributed by atoms with van der Waals surface area (Å²) in [7, 11) is 0. The van der Waals surface area contributed by atoms with E-state index >= 15 is 0 Å². The van der Waals surface area contributed by atoms with Crippen molar-refractivity contribution in [2.75, 3.05) is 5.73 Å². The highest BCUT2D eigenvalue weighted by molar-refractivity contribution is 6.29. The lowest BCUT2D eigenvalue weighted by molar-refractivity contribution is 1.18. The summed E-state index contributed by atoms with van der Waals surface area (Å²) in [6, 6.07) is 12.9. The molecule has 1 aromatic carbocycles. The van der Waals surface area contributed by atoms with Crippen molar-refractivity contribution in [2.24, 2.45) is 0 Å². The normalized spacial score (nSPS) is 10.7. The second kappa shape index (κ2) is 4.23. The highest BCUT2D eigenvalue weighted by Gasteiger charge is 2.08. The van der Waals surface area contributed by atoms with Crippen LogP contribution in [0.2, 0.25) is 5.15 Å². The molecule has 2 heterocycles. The van der Waals surface area contributed by atoms with Crippen molar-refractivity contribution < 1.29 is 0 Å². The molecule has 0 unspecified atom stereocenters. The van der Waals surface area contributed by atoms with Gasteiger partial charge < -0.3 is 5.73 Å². The maximum Gasteiger partial charge on any atom is 0.180 e. The van der Waals surface area contributed by atoms with Gasteiger partial charge >= 0.3 is 0 Å². The quantitative estimate of drug-likeness (QED) is 0.680. The van der Waals surface area contributed by atoms with Gasteiger partial charge in [-0.15, -0.1) is 0 Å². The van der Waals surface area contributed by atoms with E-state index in [1.165, 1.54) is 0 Å². The Bertz CT molecular complexity index is 727. The molecule has 5 heteroatoms. The first-order chi connectivity index (χ1) is 8.74. The molecule has 0 fully saturated rings. The van der Waals surface area contributed by atoms with Gasteiger partial charge in [0.1, 0.15) is 16.7 Å². The van der Waals surface area contributed by atoms with Crippen molar-refractivity contribution in [1.82, 2.24) is 15.0 Å². The minimum Gasteiger partial charge on any atom is -0.383 e. The molecule has 0 aliphatic rings. The molecule has 0 aliphatic carbocycles. The number of benzene rings is 1. The summed E-state index contributed by atoms with van der Waals surface area (Å²) < 4.78 is 0. The molecule has 0 amide bonds. The largest absolute Gasteiger partial charge is 0.383 e. The average molecular weight is 257 g/mol. The fourth-order valence-electron chi connectivity index (χ4n) is 1.75. The first kappa shape index (κ1) is 10.9. The lowest BCUT2D eigenvalue weighted by atomic mass is 10.2. The molecule has 2 N–H and O–H groups in total. The van der Waals surface area contributed by atoms with Gasteiger partial charge in [0.05, 0.1) is 5.52 Å². The highest BCUT2D eigenvalue weighted by Crippen LogP contribution is 2.22. The van der Waals surface area contributed by atoms with E-state index < -0.39 is 0 Å². The summed E-state index contributed by atoms with van der Waals surface area (Å²) in [6.45, 7) is 0. The smallest absolute Gasteiger partial charge is 0.180 e. The summed E-state index contributed by atoms with van der Waals surface area (Å²) in [5.41, 5.74) is 7.32. The van der Waals surface area contributed by atoms with Crippen molar-refractivity contribution in [2.45, 2.75) is 0 Å². The molecule has 0 radical (unpaired) electrons. The van der Waals surface area contributed by atoms with Crippen LogP contribution in [0.5, 0.6) is 0 Å². The Morgan fingerprint density at radius 3 is 2.56 bits per heavy atom. The molecule has 0 spiro atoms. The maximum absolute atomic E-state index is 5.92. The van der Waals surface area contributed by atoms with Gasteiger partial charge in [-0.2, -0.15) is 0 Å². The number of rotatable bonds is 1. The maximum atomic E-state index is 5.92. The van der Waals surface area contributed by atoms with Gasteiger partial charge in [-0.3, -0.25) is 0 Å². The summed E-state index contributed by atoms with van der Waals surface area (Å²) in [4.78, 5) is 12.9. The van der Waals surface area contributed by atoms with Gasteiger partial charge in [0, 0.05) is 5.39 Å². The fraction of sp³-hybridized carbons (Fsp3) is 0. The van der Waals surface area contributed by atoms with Crippen molar-refractivity contribution >= 4 is 28.3 Å². The van der Waals surface area contributed by atoms with Crippen LogP contribution in [0, 0.1) is 0 Å².